The summed E-state index contributed by atoms with van der Waals surface area (Å²) < 4.78 is 12.9. The number of nitrogens with zero attached hydrogens (tertiary/aromatic N) is 1. The van der Waals surface area contributed by atoms with E-state index in [-0.39, 0.29) is 5.82 Å². The minimum absolute atomic E-state index is 0.211. The summed E-state index contributed by atoms with van der Waals surface area (Å²) in [7, 11) is 0. The molecule has 0 N–H and O–H groups in total. The van der Waals surface area contributed by atoms with Crippen LogP contribution < -0.4 is 0 Å². The van der Waals surface area contributed by atoms with Gasteiger partial charge in [-0.05, 0) is 29.9 Å². The SMILES string of the molecule is CC1CCCC1c1cncc(F)c1. The van der Waals surface area contributed by atoms with Crippen molar-refractivity contribution in [2.24, 2.45) is 5.92 Å². The first-order valence-electron chi connectivity index (χ1n) is 4.88. The molecule has 2 unspecified atom stereocenters. The zero-order chi connectivity index (χ0) is 9.26. The Hall–Kier alpha value is -0.920. The Balaban J connectivity index is 2.24. The van der Waals surface area contributed by atoms with Crippen LogP contribution in [0, 0.1) is 11.7 Å². The van der Waals surface area contributed by atoms with Crippen LogP contribution in [0.2, 0.25) is 0 Å². The molecule has 70 valence electrons. The average Bonchev–Trinajstić information content (AvgIpc) is 2.51. The third-order valence-corrected chi connectivity index (χ3v) is 3.02. The largest absolute Gasteiger partial charge is 0.261 e. The van der Waals surface area contributed by atoms with Crippen LogP contribution >= 0.6 is 0 Å². The van der Waals surface area contributed by atoms with Gasteiger partial charge in [-0.1, -0.05) is 19.8 Å². The lowest BCUT2D eigenvalue weighted by molar-refractivity contribution is 0.526. The van der Waals surface area contributed by atoms with Gasteiger partial charge in [-0.25, -0.2) is 4.39 Å². The number of pyridine rings is 1. The second-order valence-corrected chi connectivity index (χ2v) is 3.95. The molecule has 1 saturated carbocycles. The van der Waals surface area contributed by atoms with E-state index in [2.05, 4.69) is 11.9 Å². The van der Waals surface area contributed by atoms with Gasteiger partial charge in [0.1, 0.15) is 5.82 Å². The lowest BCUT2D eigenvalue weighted by Crippen LogP contribution is -2.02. The fourth-order valence-corrected chi connectivity index (χ4v) is 2.27. The highest BCUT2D eigenvalue weighted by Crippen LogP contribution is 2.38. The lowest BCUT2D eigenvalue weighted by Gasteiger charge is -2.14. The first-order valence-corrected chi connectivity index (χ1v) is 4.88. The monoisotopic (exact) mass is 179 g/mol. The van der Waals surface area contributed by atoms with Gasteiger partial charge in [0.15, 0.2) is 0 Å². The highest BCUT2D eigenvalue weighted by Gasteiger charge is 2.25. The molecule has 0 aliphatic heterocycles. The van der Waals surface area contributed by atoms with Gasteiger partial charge >= 0.3 is 0 Å². The first-order chi connectivity index (χ1) is 6.27. The van der Waals surface area contributed by atoms with E-state index in [9.17, 15) is 4.39 Å². The molecule has 2 rings (SSSR count). The van der Waals surface area contributed by atoms with Crippen LogP contribution in [0.3, 0.4) is 0 Å². The van der Waals surface area contributed by atoms with Crippen molar-refractivity contribution in [3.63, 3.8) is 0 Å². The molecule has 0 aromatic carbocycles. The van der Waals surface area contributed by atoms with Crippen LogP contribution in [0.5, 0.6) is 0 Å². The zero-order valence-corrected chi connectivity index (χ0v) is 7.83. The summed E-state index contributed by atoms with van der Waals surface area (Å²) in [6.45, 7) is 2.24. The second kappa shape index (κ2) is 3.44. The highest BCUT2D eigenvalue weighted by molar-refractivity contribution is 5.17. The van der Waals surface area contributed by atoms with E-state index in [1.165, 1.54) is 25.5 Å². The fourth-order valence-electron chi connectivity index (χ4n) is 2.27. The van der Waals surface area contributed by atoms with E-state index in [0.717, 1.165) is 5.56 Å². The van der Waals surface area contributed by atoms with Crippen molar-refractivity contribution < 1.29 is 4.39 Å². The molecule has 0 spiro atoms. The van der Waals surface area contributed by atoms with Gasteiger partial charge in [-0.2, -0.15) is 0 Å². The van der Waals surface area contributed by atoms with Crippen molar-refractivity contribution in [3.05, 3.63) is 29.8 Å². The molecule has 0 saturated heterocycles. The van der Waals surface area contributed by atoms with E-state index in [0.29, 0.717) is 11.8 Å². The van der Waals surface area contributed by atoms with Gasteiger partial charge in [0.2, 0.25) is 0 Å². The molecule has 1 nitrogen and oxygen atoms in total. The van der Waals surface area contributed by atoms with E-state index < -0.39 is 0 Å². The van der Waals surface area contributed by atoms with Crippen LogP contribution in [0.4, 0.5) is 4.39 Å². The van der Waals surface area contributed by atoms with Gasteiger partial charge in [0.05, 0.1) is 6.20 Å². The molecular formula is C11H14FN. The molecule has 2 heteroatoms. The molecule has 1 fully saturated rings. The predicted octanol–water partition coefficient (Wildman–Crippen LogP) is 3.12. The van der Waals surface area contributed by atoms with Crippen LogP contribution in [-0.2, 0) is 0 Å². The van der Waals surface area contributed by atoms with Crippen LogP contribution in [0.15, 0.2) is 18.5 Å². The third-order valence-electron chi connectivity index (χ3n) is 3.02. The second-order valence-electron chi connectivity index (χ2n) is 3.95. The summed E-state index contributed by atoms with van der Waals surface area (Å²) in [4.78, 5) is 3.89. The molecule has 0 radical (unpaired) electrons. The third kappa shape index (κ3) is 1.71. The van der Waals surface area contributed by atoms with Gasteiger partial charge < -0.3 is 0 Å². The number of hydrogen-bond acceptors (Lipinski definition) is 1. The maximum Gasteiger partial charge on any atom is 0.141 e. The Morgan fingerprint density at radius 3 is 2.85 bits per heavy atom. The normalized spacial score (nSPS) is 27.8. The minimum Gasteiger partial charge on any atom is -0.261 e. The number of hydrogen-bond donors (Lipinski definition) is 0. The Labute approximate surface area is 78.0 Å². The molecule has 1 aliphatic rings. The van der Waals surface area contributed by atoms with Crippen molar-refractivity contribution in [1.82, 2.24) is 4.98 Å². The van der Waals surface area contributed by atoms with E-state index in [4.69, 9.17) is 0 Å². The van der Waals surface area contributed by atoms with Gasteiger partial charge in [0.25, 0.3) is 0 Å². The van der Waals surface area contributed by atoms with Crippen molar-refractivity contribution in [2.75, 3.05) is 0 Å². The molecule has 1 heterocycles. The highest BCUT2D eigenvalue weighted by atomic mass is 19.1. The molecule has 0 bridgehead atoms. The quantitative estimate of drug-likeness (QED) is 0.645. The predicted molar refractivity (Wildman–Crippen MR) is 50.0 cm³/mol. The molecule has 1 aromatic rings. The Morgan fingerprint density at radius 1 is 1.38 bits per heavy atom. The molecule has 1 aliphatic carbocycles. The zero-order valence-electron chi connectivity index (χ0n) is 7.83. The average molecular weight is 179 g/mol. The molecule has 2 atom stereocenters. The first kappa shape index (κ1) is 8.67. The maximum absolute atomic E-state index is 12.9. The minimum atomic E-state index is -0.211. The standard InChI is InChI=1S/C11H14FN/c1-8-3-2-4-11(8)9-5-10(12)7-13-6-9/h5-8,11H,2-4H2,1H3. The lowest BCUT2D eigenvalue weighted by atomic mass is 9.91. The van der Waals surface area contributed by atoms with E-state index in [1.54, 1.807) is 12.3 Å². The fraction of sp³-hybridized carbons (Fsp3) is 0.545. The number of rotatable bonds is 1. The Kier molecular flexibility index (Phi) is 2.30. The summed E-state index contributed by atoms with van der Waals surface area (Å²) in [5.41, 5.74) is 1.07. The summed E-state index contributed by atoms with van der Waals surface area (Å²) >= 11 is 0. The number of aromatic nitrogens is 1. The molecule has 13 heavy (non-hydrogen) atoms. The Morgan fingerprint density at radius 2 is 2.23 bits per heavy atom. The maximum atomic E-state index is 12.9. The van der Waals surface area contributed by atoms with Gasteiger partial charge in [0, 0.05) is 6.20 Å². The van der Waals surface area contributed by atoms with Crippen molar-refractivity contribution in [3.8, 4) is 0 Å². The summed E-state index contributed by atoms with van der Waals surface area (Å²) in [6, 6.07) is 1.62. The smallest absolute Gasteiger partial charge is 0.141 e. The number of halogens is 1. The van der Waals surface area contributed by atoms with Crippen molar-refractivity contribution in [2.45, 2.75) is 32.1 Å². The molecule has 0 amide bonds. The van der Waals surface area contributed by atoms with Crippen LogP contribution in [-0.4, -0.2) is 4.98 Å². The Bertz CT molecular complexity index is 298. The van der Waals surface area contributed by atoms with E-state index >= 15 is 0 Å². The van der Waals surface area contributed by atoms with Crippen molar-refractivity contribution in [1.29, 1.82) is 0 Å². The molecular weight excluding hydrogens is 165 g/mol. The van der Waals surface area contributed by atoms with Crippen LogP contribution in [0.1, 0.15) is 37.7 Å². The van der Waals surface area contributed by atoms with Crippen LogP contribution in [0.25, 0.3) is 0 Å². The van der Waals surface area contributed by atoms with Gasteiger partial charge in [-0.3, -0.25) is 4.98 Å². The topological polar surface area (TPSA) is 12.9 Å². The summed E-state index contributed by atoms with van der Waals surface area (Å²) in [6.07, 6.45) is 6.79. The summed E-state index contributed by atoms with van der Waals surface area (Å²) in [5, 5.41) is 0. The summed E-state index contributed by atoms with van der Waals surface area (Å²) in [5.74, 6) is 1.00. The van der Waals surface area contributed by atoms with Gasteiger partial charge in [-0.15, -0.1) is 0 Å². The molecule has 1 aromatic heterocycles. The van der Waals surface area contributed by atoms with Crippen molar-refractivity contribution >= 4 is 0 Å². The van der Waals surface area contributed by atoms with E-state index in [1.807, 2.05) is 0 Å².